The lowest BCUT2D eigenvalue weighted by Crippen LogP contribution is -2.36. The van der Waals surface area contributed by atoms with Gasteiger partial charge in [0.25, 0.3) is 0 Å². The Balaban J connectivity index is 1.56. The third kappa shape index (κ3) is 4.48. The van der Waals surface area contributed by atoms with Gasteiger partial charge in [-0.2, -0.15) is 0 Å². The average Bonchev–Trinajstić information content (AvgIpc) is 3.09. The highest BCUT2D eigenvalue weighted by Crippen LogP contribution is 2.26. The number of benzene rings is 2. The van der Waals surface area contributed by atoms with Crippen molar-refractivity contribution in [3.05, 3.63) is 59.7 Å². The van der Waals surface area contributed by atoms with Gasteiger partial charge >= 0.3 is 0 Å². The van der Waals surface area contributed by atoms with Gasteiger partial charge in [-0.1, -0.05) is 31.2 Å². The van der Waals surface area contributed by atoms with E-state index >= 15 is 0 Å². The van der Waals surface area contributed by atoms with Crippen LogP contribution in [0.3, 0.4) is 0 Å². The van der Waals surface area contributed by atoms with E-state index in [9.17, 15) is 9.59 Å². The molecule has 0 aliphatic carbocycles. The molecule has 2 amide bonds. The Hall–Kier alpha value is -2.82. The number of hydrogen-bond acceptors (Lipinski definition) is 3. The summed E-state index contributed by atoms with van der Waals surface area (Å²) in [6, 6.07) is 15.6. The van der Waals surface area contributed by atoms with E-state index in [4.69, 9.17) is 4.74 Å². The van der Waals surface area contributed by atoms with Crippen LogP contribution in [0.1, 0.15) is 31.4 Å². The molecule has 5 heteroatoms. The zero-order chi connectivity index (χ0) is 19.2. The average molecular weight is 366 g/mol. The zero-order valence-electron chi connectivity index (χ0n) is 15.9. The second-order valence-corrected chi connectivity index (χ2v) is 6.65. The molecule has 2 aromatic carbocycles. The van der Waals surface area contributed by atoms with Gasteiger partial charge in [0.1, 0.15) is 11.7 Å². The molecule has 0 bridgehead atoms. The number of rotatable bonds is 7. The molecule has 1 aliphatic heterocycles. The minimum absolute atomic E-state index is 0.122. The molecule has 0 spiro atoms. The van der Waals surface area contributed by atoms with Crippen molar-refractivity contribution in [2.75, 3.05) is 18.1 Å². The number of anilines is 1. The highest BCUT2D eigenvalue weighted by atomic mass is 16.5. The van der Waals surface area contributed by atoms with Gasteiger partial charge in [-0.25, -0.2) is 0 Å². The Labute approximate surface area is 160 Å². The lowest BCUT2D eigenvalue weighted by atomic mass is 10.1. The molecule has 0 saturated carbocycles. The maximum Gasteiger partial charge on any atom is 0.239 e. The molecule has 1 saturated heterocycles. The van der Waals surface area contributed by atoms with Crippen molar-refractivity contribution in [2.24, 2.45) is 5.92 Å². The van der Waals surface area contributed by atoms with Gasteiger partial charge in [0, 0.05) is 18.8 Å². The van der Waals surface area contributed by atoms with E-state index in [-0.39, 0.29) is 11.8 Å². The molecule has 1 fully saturated rings. The number of ether oxygens (including phenoxy) is 1. The molecule has 3 rings (SSSR count). The van der Waals surface area contributed by atoms with Gasteiger partial charge in [0.05, 0.1) is 6.61 Å². The van der Waals surface area contributed by atoms with Crippen LogP contribution in [0.2, 0.25) is 0 Å². The lowest BCUT2D eigenvalue weighted by Gasteiger charge is -2.17. The molecule has 27 heavy (non-hydrogen) atoms. The third-order valence-corrected chi connectivity index (χ3v) is 4.88. The molecule has 0 aromatic heterocycles. The van der Waals surface area contributed by atoms with E-state index in [0.29, 0.717) is 26.1 Å². The Morgan fingerprint density at radius 1 is 1.07 bits per heavy atom. The van der Waals surface area contributed by atoms with Gasteiger partial charge in [-0.3, -0.25) is 9.59 Å². The van der Waals surface area contributed by atoms with E-state index in [1.807, 2.05) is 55.5 Å². The first kappa shape index (κ1) is 19.0. The predicted molar refractivity (Wildman–Crippen MR) is 106 cm³/mol. The van der Waals surface area contributed by atoms with Crippen molar-refractivity contribution in [1.29, 1.82) is 0 Å². The number of nitrogens with zero attached hydrogens (tertiary/aromatic N) is 1. The lowest BCUT2D eigenvalue weighted by molar-refractivity contribution is -0.132. The second-order valence-electron chi connectivity index (χ2n) is 6.65. The van der Waals surface area contributed by atoms with Crippen LogP contribution in [0.15, 0.2) is 48.5 Å². The number of nitrogens with one attached hydrogen (secondary N) is 1. The van der Waals surface area contributed by atoms with Gasteiger partial charge in [0.2, 0.25) is 11.8 Å². The van der Waals surface area contributed by atoms with Crippen LogP contribution in [-0.2, 0) is 22.6 Å². The number of carbonyl (C=O) groups excluding carboxylic acids is 2. The van der Waals surface area contributed by atoms with Crippen LogP contribution >= 0.6 is 0 Å². The Morgan fingerprint density at radius 3 is 2.37 bits per heavy atom. The molecule has 1 aliphatic rings. The molecule has 0 unspecified atom stereocenters. The van der Waals surface area contributed by atoms with E-state index in [2.05, 4.69) is 12.2 Å². The minimum atomic E-state index is -0.612. The smallest absolute Gasteiger partial charge is 0.239 e. The SMILES string of the molecule is CCOc1ccc(CNC(=O)[C@@H]2CCN(c3ccc(CC)cc3)C2=O)cc1. The molecule has 1 N–H and O–H groups in total. The molecule has 142 valence electrons. The van der Waals surface area contributed by atoms with E-state index < -0.39 is 5.92 Å². The Bertz CT molecular complexity index is 784. The normalized spacial score (nSPS) is 16.4. The number of carbonyl (C=O) groups is 2. The van der Waals surface area contributed by atoms with E-state index in [1.165, 1.54) is 5.56 Å². The molecule has 1 atom stereocenters. The minimum Gasteiger partial charge on any atom is -0.494 e. The van der Waals surface area contributed by atoms with Crippen LogP contribution in [0, 0.1) is 5.92 Å². The predicted octanol–water partition coefficient (Wildman–Crippen LogP) is 3.32. The molecule has 2 aromatic rings. The first-order chi connectivity index (χ1) is 13.1. The van der Waals surface area contributed by atoms with Crippen molar-refractivity contribution in [2.45, 2.75) is 33.2 Å². The van der Waals surface area contributed by atoms with Crippen molar-refractivity contribution in [1.82, 2.24) is 5.32 Å². The third-order valence-electron chi connectivity index (χ3n) is 4.88. The first-order valence-electron chi connectivity index (χ1n) is 9.52. The van der Waals surface area contributed by atoms with Crippen molar-refractivity contribution in [3.8, 4) is 5.75 Å². The standard InChI is InChI=1S/C22H26N2O3/c1-3-16-5-9-18(10-6-16)24-14-13-20(22(24)26)21(25)23-15-17-7-11-19(12-8-17)27-4-2/h5-12,20H,3-4,13-15H2,1-2H3,(H,23,25)/t20-/m0/s1. The second kappa shape index (κ2) is 8.71. The Kier molecular flexibility index (Phi) is 6.12. The van der Waals surface area contributed by atoms with Crippen molar-refractivity contribution >= 4 is 17.5 Å². The summed E-state index contributed by atoms with van der Waals surface area (Å²) in [5, 5.41) is 2.89. The summed E-state index contributed by atoms with van der Waals surface area (Å²) in [4.78, 5) is 26.9. The molecule has 1 heterocycles. The zero-order valence-corrected chi connectivity index (χ0v) is 15.9. The van der Waals surface area contributed by atoms with Crippen LogP contribution in [0.25, 0.3) is 0 Å². The van der Waals surface area contributed by atoms with Crippen LogP contribution in [-0.4, -0.2) is 25.0 Å². The molecular weight excluding hydrogens is 340 g/mol. The number of hydrogen-bond donors (Lipinski definition) is 1. The van der Waals surface area contributed by atoms with Crippen LogP contribution in [0.5, 0.6) is 5.75 Å². The first-order valence-corrected chi connectivity index (χ1v) is 9.52. The quantitative estimate of drug-likeness (QED) is 0.765. The Morgan fingerprint density at radius 2 is 1.74 bits per heavy atom. The summed E-state index contributed by atoms with van der Waals surface area (Å²) < 4.78 is 5.41. The summed E-state index contributed by atoms with van der Waals surface area (Å²) in [6.07, 6.45) is 1.51. The fourth-order valence-electron chi connectivity index (χ4n) is 3.27. The monoisotopic (exact) mass is 366 g/mol. The fraction of sp³-hybridized carbons (Fsp3) is 0.364. The van der Waals surface area contributed by atoms with Crippen LogP contribution < -0.4 is 15.0 Å². The summed E-state index contributed by atoms with van der Waals surface area (Å²) >= 11 is 0. The summed E-state index contributed by atoms with van der Waals surface area (Å²) in [5.74, 6) is -0.133. The molecule has 0 radical (unpaired) electrons. The molecular formula is C22H26N2O3. The van der Waals surface area contributed by atoms with Crippen molar-refractivity contribution < 1.29 is 14.3 Å². The van der Waals surface area contributed by atoms with Gasteiger partial charge < -0.3 is 15.0 Å². The summed E-state index contributed by atoms with van der Waals surface area (Å²) in [5.41, 5.74) is 3.07. The van der Waals surface area contributed by atoms with Gasteiger partial charge in [0.15, 0.2) is 0 Å². The topological polar surface area (TPSA) is 58.6 Å². The maximum absolute atomic E-state index is 12.7. The fourth-order valence-corrected chi connectivity index (χ4v) is 3.27. The van der Waals surface area contributed by atoms with Gasteiger partial charge in [-0.05, 0) is 55.2 Å². The maximum atomic E-state index is 12.7. The summed E-state index contributed by atoms with van der Waals surface area (Å²) in [6.45, 7) is 5.64. The van der Waals surface area contributed by atoms with E-state index in [0.717, 1.165) is 23.4 Å². The van der Waals surface area contributed by atoms with E-state index in [1.54, 1.807) is 4.90 Å². The molecule has 5 nitrogen and oxygen atoms in total. The number of amides is 2. The number of aryl methyl sites for hydroxylation is 1. The largest absolute Gasteiger partial charge is 0.494 e. The summed E-state index contributed by atoms with van der Waals surface area (Å²) in [7, 11) is 0. The highest BCUT2D eigenvalue weighted by molar-refractivity contribution is 6.09. The van der Waals surface area contributed by atoms with Gasteiger partial charge in [-0.15, -0.1) is 0 Å². The highest BCUT2D eigenvalue weighted by Gasteiger charge is 2.37. The van der Waals surface area contributed by atoms with Crippen molar-refractivity contribution in [3.63, 3.8) is 0 Å². The van der Waals surface area contributed by atoms with Crippen LogP contribution in [0.4, 0.5) is 5.69 Å².